The molecule has 1 aliphatic carbocycles. The summed E-state index contributed by atoms with van der Waals surface area (Å²) >= 11 is 6.68. The highest BCUT2D eigenvalue weighted by Gasteiger charge is 2.41. The fourth-order valence-corrected chi connectivity index (χ4v) is 3.94. The maximum atomic E-state index is 9.50. The van der Waals surface area contributed by atoms with Gasteiger partial charge in [0.05, 0.1) is 23.4 Å². The summed E-state index contributed by atoms with van der Waals surface area (Å²) in [4.78, 5) is 18.3. The summed E-state index contributed by atoms with van der Waals surface area (Å²) in [7, 11) is 0. The minimum atomic E-state index is -0.574. The van der Waals surface area contributed by atoms with Crippen LogP contribution in [0, 0.1) is 6.92 Å². The molecule has 0 radical (unpaired) electrons. The lowest BCUT2D eigenvalue weighted by molar-refractivity contribution is 0.123. The Morgan fingerprint density at radius 1 is 1.18 bits per heavy atom. The highest BCUT2D eigenvalue weighted by molar-refractivity contribution is 6.33. The fraction of sp³-hybridized carbons (Fsp3) is 0.360. The number of halogens is 1. The number of nitrogens with zero attached hydrogens (tertiary/aromatic N) is 5. The Hall–Kier alpha value is -3.23. The van der Waals surface area contributed by atoms with E-state index >= 15 is 0 Å². The molecule has 9 heteroatoms. The van der Waals surface area contributed by atoms with Crippen molar-refractivity contribution >= 4 is 22.8 Å². The van der Waals surface area contributed by atoms with Crippen LogP contribution in [0.3, 0.4) is 0 Å². The first kappa shape index (κ1) is 22.6. The monoisotopic (exact) mass is 479 g/mol. The van der Waals surface area contributed by atoms with E-state index in [0.717, 1.165) is 29.7 Å². The van der Waals surface area contributed by atoms with Crippen molar-refractivity contribution in [2.24, 2.45) is 0 Å². The number of benzene rings is 1. The van der Waals surface area contributed by atoms with Gasteiger partial charge in [-0.25, -0.2) is 9.97 Å². The Kier molecular flexibility index (Phi) is 5.87. The molecule has 8 nitrogen and oxygen atoms in total. The number of aromatic nitrogens is 5. The molecule has 1 fully saturated rings. The first-order valence-electron chi connectivity index (χ1n) is 11.2. The van der Waals surface area contributed by atoms with Crippen LogP contribution in [0.4, 0.5) is 0 Å². The lowest BCUT2D eigenvalue weighted by atomic mass is 10.2. The van der Waals surface area contributed by atoms with Gasteiger partial charge in [-0.2, -0.15) is 4.98 Å². The SMILES string of the molecule is Cc1ccnc(Cn2c(-c3ccc(OCC(C)O)cc3Cl)nc3c(OC4(C)CC4)ncnc32)c1. The minimum Gasteiger partial charge on any atom is -0.491 e. The van der Waals surface area contributed by atoms with Crippen molar-refractivity contribution in [3.63, 3.8) is 0 Å². The normalized spacial score (nSPS) is 15.3. The van der Waals surface area contributed by atoms with Gasteiger partial charge < -0.3 is 19.1 Å². The zero-order chi connectivity index (χ0) is 23.9. The van der Waals surface area contributed by atoms with Gasteiger partial charge >= 0.3 is 0 Å². The van der Waals surface area contributed by atoms with Crippen molar-refractivity contribution in [1.82, 2.24) is 24.5 Å². The molecule has 1 aromatic carbocycles. The molecule has 1 atom stereocenters. The molecule has 3 heterocycles. The van der Waals surface area contributed by atoms with E-state index in [1.165, 1.54) is 6.33 Å². The van der Waals surface area contributed by atoms with Crippen LogP contribution in [-0.2, 0) is 6.54 Å². The maximum Gasteiger partial charge on any atom is 0.245 e. The molecule has 176 valence electrons. The number of hydrogen-bond donors (Lipinski definition) is 1. The van der Waals surface area contributed by atoms with Gasteiger partial charge in [0, 0.05) is 11.8 Å². The lowest BCUT2D eigenvalue weighted by Gasteiger charge is -2.12. The second-order valence-electron chi connectivity index (χ2n) is 9.05. The van der Waals surface area contributed by atoms with Gasteiger partial charge in [-0.3, -0.25) is 4.98 Å². The first-order valence-corrected chi connectivity index (χ1v) is 11.6. The van der Waals surface area contributed by atoms with E-state index in [1.54, 1.807) is 19.2 Å². The summed E-state index contributed by atoms with van der Waals surface area (Å²) in [5.41, 5.74) is 3.75. The van der Waals surface area contributed by atoms with Crippen LogP contribution in [0.1, 0.15) is 37.9 Å². The number of imidazole rings is 1. The second kappa shape index (κ2) is 8.85. The minimum absolute atomic E-state index is 0.183. The average molecular weight is 480 g/mol. The zero-order valence-corrected chi connectivity index (χ0v) is 20.1. The van der Waals surface area contributed by atoms with Crippen LogP contribution >= 0.6 is 11.6 Å². The maximum absolute atomic E-state index is 9.50. The van der Waals surface area contributed by atoms with Gasteiger partial charge in [0.15, 0.2) is 11.2 Å². The number of rotatable bonds is 8. The summed E-state index contributed by atoms with van der Waals surface area (Å²) in [6.45, 7) is 6.41. The number of aliphatic hydroxyl groups excluding tert-OH is 1. The van der Waals surface area contributed by atoms with Crippen LogP contribution in [0.25, 0.3) is 22.6 Å². The number of fused-ring (bicyclic) bond motifs is 1. The Morgan fingerprint density at radius 2 is 2.00 bits per heavy atom. The van der Waals surface area contributed by atoms with Gasteiger partial charge in [-0.15, -0.1) is 0 Å². The van der Waals surface area contributed by atoms with Crippen LogP contribution in [0.5, 0.6) is 11.6 Å². The van der Waals surface area contributed by atoms with Crippen LogP contribution < -0.4 is 9.47 Å². The van der Waals surface area contributed by atoms with E-state index in [4.69, 9.17) is 26.1 Å². The molecule has 4 aromatic rings. The largest absolute Gasteiger partial charge is 0.491 e. The molecular formula is C25H26ClN5O3. The quantitative estimate of drug-likeness (QED) is 0.395. The summed E-state index contributed by atoms with van der Waals surface area (Å²) in [6.07, 6.45) is 4.69. The predicted octanol–water partition coefficient (Wildman–Crippen LogP) is 4.59. The molecule has 1 aliphatic rings. The summed E-state index contributed by atoms with van der Waals surface area (Å²) in [5.74, 6) is 1.68. The average Bonchev–Trinajstić information content (AvgIpc) is 3.41. The third-order valence-electron chi connectivity index (χ3n) is 5.76. The van der Waals surface area contributed by atoms with E-state index in [0.29, 0.717) is 40.2 Å². The smallest absolute Gasteiger partial charge is 0.245 e. The molecule has 1 unspecified atom stereocenters. The number of ether oxygens (including phenoxy) is 2. The summed E-state index contributed by atoms with van der Waals surface area (Å²) in [5, 5.41) is 9.97. The van der Waals surface area contributed by atoms with Crippen molar-refractivity contribution < 1.29 is 14.6 Å². The Labute approximate surface area is 202 Å². The number of hydrogen-bond acceptors (Lipinski definition) is 7. The van der Waals surface area contributed by atoms with E-state index in [9.17, 15) is 5.11 Å². The first-order chi connectivity index (χ1) is 16.3. The third-order valence-corrected chi connectivity index (χ3v) is 6.07. The van der Waals surface area contributed by atoms with Crippen molar-refractivity contribution in [3.8, 4) is 23.0 Å². The van der Waals surface area contributed by atoms with E-state index in [1.807, 2.05) is 35.8 Å². The van der Waals surface area contributed by atoms with E-state index in [2.05, 4.69) is 21.9 Å². The Balaban J connectivity index is 1.61. The van der Waals surface area contributed by atoms with Crippen molar-refractivity contribution in [3.05, 3.63) is 59.1 Å². The summed E-state index contributed by atoms with van der Waals surface area (Å²) in [6, 6.07) is 9.39. The van der Waals surface area contributed by atoms with Gasteiger partial charge in [0.1, 0.15) is 30.1 Å². The highest BCUT2D eigenvalue weighted by Crippen LogP contribution is 2.41. The van der Waals surface area contributed by atoms with Crippen molar-refractivity contribution in [2.45, 2.75) is 51.9 Å². The van der Waals surface area contributed by atoms with E-state index < -0.39 is 6.10 Å². The van der Waals surface area contributed by atoms with Crippen LogP contribution in [0.15, 0.2) is 42.9 Å². The molecule has 1 N–H and O–H groups in total. The molecule has 34 heavy (non-hydrogen) atoms. The standard InChI is InChI=1S/C25H26ClN5O3/c1-15-6-9-27-17(10-15)12-31-22(19-5-4-18(11-20(19)26)33-13-16(2)32)30-21-23(31)28-14-29-24(21)34-25(3)7-8-25/h4-6,9-11,14,16,32H,7-8,12-13H2,1-3H3. The fourth-order valence-electron chi connectivity index (χ4n) is 3.69. The van der Waals surface area contributed by atoms with Gasteiger partial charge in [0.2, 0.25) is 5.88 Å². The molecule has 0 bridgehead atoms. The second-order valence-corrected chi connectivity index (χ2v) is 9.46. The Bertz CT molecular complexity index is 1350. The molecule has 1 saturated carbocycles. The highest BCUT2D eigenvalue weighted by atomic mass is 35.5. The van der Waals surface area contributed by atoms with Gasteiger partial charge in [-0.1, -0.05) is 11.6 Å². The zero-order valence-electron chi connectivity index (χ0n) is 19.3. The molecule has 0 spiro atoms. The van der Waals surface area contributed by atoms with Crippen molar-refractivity contribution in [1.29, 1.82) is 0 Å². The molecule has 0 aliphatic heterocycles. The predicted molar refractivity (Wildman–Crippen MR) is 129 cm³/mol. The van der Waals surface area contributed by atoms with Crippen LogP contribution in [0.2, 0.25) is 5.02 Å². The summed E-state index contributed by atoms with van der Waals surface area (Å²) < 4.78 is 13.8. The van der Waals surface area contributed by atoms with Gasteiger partial charge in [-0.05, 0) is 69.5 Å². The number of aliphatic hydroxyl groups is 1. The number of aryl methyl sites for hydroxylation is 1. The third kappa shape index (κ3) is 4.69. The molecule has 0 amide bonds. The lowest BCUT2D eigenvalue weighted by Crippen LogP contribution is -2.13. The topological polar surface area (TPSA) is 95.2 Å². The molecule has 5 rings (SSSR count). The van der Waals surface area contributed by atoms with E-state index in [-0.39, 0.29) is 12.2 Å². The molecule has 3 aromatic heterocycles. The number of pyridine rings is 1. The van der Waals surface area contributed by atoms with Gasteiger partial charge in [0.25, 0.3) is 0 Å². The molecule has 0 saturated heterocycles. The molecular weight excluding hydrogens is 454 g/mol. The Morgan fingerprint density at radius 3 is 2.71 bits per heavy atom. The van der Waals surface area contributed by atoms with Crippen LogP contribution in [-0.4, -0.2) is 47.9 Å². The van der Waals surface area contributed by atoms with Crippen molar-refractivity contribution in [2.75, 3.05) is 6.61 Å².